The molecule has 0 radical (unpaired) electrons. The van der Waals surface area contributed by atoms with Crippen LogP contribution in [0, 0.1) is 17.6 Å². The van der Waals surface area contributed by atoms with E-state index in [1.54, 1.807) is 11.9 Å². The molecule has 0 atom stereocenters. The number of hydrogen-bond donors (Lipinski definition) is 1. The Balaban J connectivity index is 1.78. The van der Waals surface area contributed by atoms with Crippen LogP contribution in [0.4, 0.5) is 25.8 Å². The van der Waals surface area contributed by atoms with E-state index in [-0.39, 0.29) is 5.69 Å². The first-order valence-electron chi connectivity index (χ1n) is 9.26. The number of nitrogens with one attached hydrogen (secondary N) is 1. The van der Waals surface area contributed by atoms with E-state index in [4.69, 9.17) is 0 Å². The van der Waals surface area contributed by atoms with E-state index in [9.17, 15) is 8.78 Å². The average molecular weight is 359 g/mol. The number of para-hydroxylation sites is 3. The lowest BCUT2D eigenvalue weighted by Gasteiger charge is -2.30. The van der Waals surface area contributed by atoms with Gasteiger partial charge >= 0.3 is 0 Å². The summed E-state index contributed by atoms with van der Waals surface area (Å²) in [6.45, 7) is 3.12. The molecule has 0 aliphatic carbocycles. The quantitative estimate of drug-likeness (QED) is 0.816. The van der Waals surface area contributed by atoms with Gasteiger partial charge in [-0.15, -0.1) is 0 Å². The number of nitrogens with zero attached hydrogens (tertiary/aromatic N) is 2. The molecule has 5 heteroatoms. The number of benzene rings is 2. The number of hydrogen-bond acceptors (Lipinski definition) is 3. The molecule has 1 fully saturated rings. The van der Waals surface area contributed by atoms with Gasteiger partial charge in [0.25, 0.3) is 0 Å². The fraction of sp³-hybridized carbons (Fsp3) is 0.429. The number of anilines is 3. The van der Waals surface area contributed by atoms with Crippen LogP contribution in [0.1, 0.15) is 19.3 Å². The van der Waals surface area contributed by atoms with Gasteiger partial charge in [0, 0.05) is 20.6 Å². The molecular weight excluding hydrogens is 332 g/mol. The van der Waals surface area contributed by atoms with E-state index in [1.807, 2.05) is 31.3 Å². The largest absolute Gasteiger partial charge is 0.373 e. The third kappa shape index (κ3) is 4.15. The van der Waals surface area contributed by atoms with Crippen molar-refractivity contribution in [1.29, 1.82) is 0 Å². The van der Waals surface area contributed by atoms with Crippen LogP contribution in [-0.4, -0.2) is 33.7 Å². The van der Waals surface area contributed by atoms with Gasteiger partial charge in [-0.3, -0.25) is 0 Å². The second kappa shape index (κ2) is 8.49. The molecule has 0 aromatic heterocycles. The van der Waals surface area contributed by atoms with Gasteiger partial charge in [-0.05, 0) is 62.5 Å². The minimum Gasteiger partial charge on any atom is -0.373 e. The standard InChI is InChI=1S/C21H27F2N3/c1-25(15-12-16-10-13-24-14-11-16)19-8-3-4-9-20(19)26(2)21-17(22)6-5-7-18(21)23/h3-9,16,24H,10-15H2,1-2H3. The Kier molecular flexibility index (Phi) is 6.09. The van der Waals surface area contributed by atoms with E-state index < -0.39 is 11.6 Å². The summed E-state index contributed by atoms with van der Waals surface area (Å²) in [4.78, 5) is 3.79. The van der Waals surface area contributed by atoms with Crippen molar-refractivity contribution in [2.45, 2.75) is 19.3 Å². The van der Waals surface area contributed by atoms with Crippen LogP contribution >= 0.6 is 0 Å². The van der Waals surface area contributed by atoms with Crippen LogP contribution in [0.2, 0.25) is 0 Å². The summed E-state index contributed by atoms with van der Waals surface area (Å²) in [6, 6.07) is 11.7. The Morgan fingerprint density at radius 1 is 0.923 bits per heavy atom. The molecule has 0 spiro atoms. The predicted octanol–water partition coefficient (Wildman–Crippen LogP) is 4.56. The second-order valence-electron chi connectivity index (χ2n) is 7.02. The van der Waals surface area contributed by atoms with Crippen LogP contribution in [-0.2, 0) is 0 Å². The summed E-state index contributed by atoms with van der Waals surface area (Å²) in [7, 11) is 3.76. The summed E-state index contributed by atoms with van der Waals surface area (Å²) in [5, 5.41) is 3.40. The lowest BCUT2D eigenvalue weighted by molar-refractivity contribution is 0.356. The minimum atomic E-state index is -0.556. The first-order chi connectivity index (χ1) is 12.6. The second-order valence-corrected chi connectivity index (χ2v) is 7.02. The van der Waals surface area contributed by atoms with E-state index in [0.717, 1.165) is 43.3 Å². The Morgan fingerprint density at radius 3 is 2.19 bits per heavy atom. The van der Waals surface area contributed by atoms with Crippen LogP contribution in [0.25, 0.3) is 0 Å². The number of rotatable bonds is 6. The zero-order valence-corrected chi connectivity index (χ0v) is 15.5. The van der Waals surface area contributed by atoms with Crippen LogP contribution in [0.15, 0.2) is 42.5 Å². The number of piperidine rings is 1. The van der Waals surface area contributed by atoms with Crippen LogP contribution in [0.3, 0.4) is 0 Å². The molecule has 2 aromatic rings. The van der Waals surface area contributed by atoms with Crippen molar-refractivity contribution in [2.75, 3.05) is 43.5 Å². The van der Waals surface area contributed by atoms with Gasteiger partial charge in [0.1, 0.15) is 17.3 Å². The minimum absolute atomic E-state index is 0.0216. The van der Waals surface area contributed by atoms with Gasteiger partial charge in [0.05, 0.1) is 11.4 Å². The van der Waals surface area contributed by atoms with Gasteiger partial charge in [-0.2, -0.15) is 0 Å². The van der Waals surface area contributed by atoms with Gasteiger partial charge in [0.15, 0.2) is 0 Å². The highest BCUT2D eigenvalue weighted by Gasteiger charge is 2.19. The Labute approximate surface area is 154 Å². The molecule has 0 saturated carbocycles. The molecule has 0 amide bonds. The van der Waals surface area contributed by atoms with Crippen molar-refractivity contribution in [3.63, 3.8) is 0 Å². The fourth-order valence-corrected chi connectivity index (χ4v) is 3.67. The highest BCUT2D eigenvalue weighted by Crippen LogP contribution is 2.35. The van der Waals surface area contributed by atoms with Crippen molar-refractivity contribution < 1.29 is 8.78 Å². The molecule has 140 valence electrons. The Bertz CT molecular complexity index is 709. The molecule has 1 heterocycles. The summed E-state index contributed by atoms with van der Waals surface area (Å²) >= 11 is 0. The average Bonchev–Trinajstić information content (AvgIpc) is 2.66. The van der Waals surface area contributed by atoms with E-state index in [2.05, 4.69) is 10.2 Å². The molecule has 2 aromatic carbocycles. The third-order valence-corrected chi connectivity index (χ3v) is 5.26. The van der Waals surface area contributed by atoms with Gasteiger partial charge in [0.2, 0.25) is 0 Å². The molecular formula is C21H27F2N3. The monoisotopic (exact) mass is 359 g/mol. The highest BCUT2D eigenvalue weighted by atomic mass is 19.1. The summed E-state index contributed by atoms with van der Waals surface area (Å²) in [6.07, 6.45) is 3.57. The van der Waals surface area contributed by atoms with E-state index in [1.165, 1.54) is 31.0 Å². The van der Waals surface area contributed by atoms with E-state index >= 15 is 0 Å². The topological polar surface area (TPSA) is 18.5 Å². The zero-order chi connectivity index (χ0) is 18.5. The zero-order valence-electron chi connectivity index (χ0n) is 15.5. The van der Waals surface area contributed by atoms with Gasteiger partial charge in [-0.1, -0.05) is 18.2 Å². The molecule has 0 bridgehead atoms. The first-order valence-corrected chi connectivity index (χ1v) is 9.26. The molecule has 1 aliphatic heterocycles. The van der Waals surface area contributed by atoms with Gasteiger partial charge in [-0.25, -0.2) is 8.78 Å². The molecule has 3 rings (SSSR count). The van der Waals surface area contributed by atoms with Crippen LogP contribution in [0.5, 0.6) is 0 Å². The van der Waals surface area contributed by atoms with Gasteiger partial charge < -0.3 is 15.1 Å². The molecule has 1 aliphatic rings. The smallest absolute Gasteiger partial charge is 0.149 e. The molecule has 0 unspecified atom stereocenters. The van der Waals surface area contributed by atoms with E-state index in [0.29, 0.717) is 0 Å². The van der Waals surface area contributed by atoms with Crippen molar-refractivity contribution in [3.8, 4) is 0 Å². The Morgan fingerprint density at radius 2 is 1.54 bits per heavy atom. The van der Waals surface area contributed by atoms with Crippen molar-refractivity contribution in [1.82, 2.24) is 5.32 Å². The lowest BCUT2D eigenvalue weighted by Crippen LogP contribution is -2.30. The summed E-state index contributed by atoms with van der Waals surface area (Å²) in [5.74, 6) is -0.369. The fourth-order valence-electron chi connectivity index (χ4n) is 3.67. The lowest BCUT2D eigenvalue weighted by atomic mass is 9.94. The maximum Gasteiger partial charge on any atom is 0.149 e. The first kappa shape index (κ1) is 18.6. The predicted molar refractivity (Wildman–Crippen MR) is 104 cm³/mol. The maximum absolute atomic E-state index is 14.2. The van der Waals surface area contributed by atoms with Crippen molar-refractivity contribution in [2.24, 2.45) is 5.92 Å². The van der Waals surface area contributed by atoms with Crippen molar-refractivity contribution >= 4 is 17.1 Å². The SMILES string of the molecule is CN(CCC1CCNCC1)c1ccccc1N(C)c1c(F)cccc1F. The summed E-state index contributed by atoms with van der Waals surface area (Å²) < 4.78 is 28.4. The molecule has 1 N–H and O–H groups in total. The normalized spacial score (nSPS) is 15.1. The van der Waals surface area contributed by atoms with Crippen molar-refractivity contribution in [3.05, 3.63) is 54.1 Å². The molecule has 26 heavy (non-hydrogen) atoms. The third-order valence-electron chi connectivity index (χ3n) is 5.26. The molecule has 3 nitrogen and oxygen atoms in total. The highest BCUT2D eigenvalue weighted by molar-refractivity contribution is 5.77. The number of halogens is 2. The van der Waals surface area contributed by atoms with Crippen LogP contribution < -0.4 is 15.1 Å². The molecule has 1 saturated heterocycles. The summed E-state index contributed by atoms with van der Waals surface area (Å²) in [5.41, 5.74) is 1.75. The Hall–Kier alpha value is -2.14. The maximum atomic E-state index is 14.2.